The Labute approximate surface area is 155 Å². The van der Waals surface area contributed by atoms with Crippen LogP contribution in [0.3, 0.4) is 0 Å². The first-order valence-electron chi connectivity index (χ1n) is 8.10. The molecule has 0 radical (unpaired) electrons. The predicted octanol–water partition coefficient (Wildman–Crippen LogP) is 2.86. The molecule has 0 saturated carbocycles. The molecule has 2 aromatic heterocycles. The van der Waals surface area contributed by atoms with E-state index in [4.69, 9.17) is 20.9 Å². The molecule has 1 aromatic carbocycles. The van der Waals surface area contributed by atoms with Crippen LogP contribution in [0.15, 0.2) is 47.2 Å². The summed E-state index contributed by atoms with van der Waals surface area (Å²) in [5, 5.41) is 5.03. The van der Waals surface area contributed by atoms with Gasteiger partial charge < -0.3 is 9.26 Å². The summed E-state index contributed by atoms with van der Waals surface area (Å²) >= 11 is 6.04. The third-order valence-electron chi connectivity index (χ3n) is 4.30. The van der Waals surface area contributed by atoms with E-state index in [1.54, 1.807) is 24.4 Å². The summed E-state index contributed by atoms with van der Waals surface area (Å²) in [5.74, 6) is 0.306. The maximum absolute atomic E-state index is 12.8. The third kappa shape index (κ3) is 3.40. The van der Waals surface area contributed by atoms with Crippen LogP contribution in [-0.2, 0) is 15.8 Å². The number of rotatable bonds is 5. The zero-order chi connectivity index (χ0) is 18.1. The topological polar surface area (TPSA) is 85.5 Å². The smallest absolute Gasteiger partial charge is 0.220 e. The fourth-order valence-corrected chi connectivity index (χ4v) is 4.67. The van der Waals surface area contributed by atoms with E-state index in [2.05, 4.69) is 10.1 Å². The Morgan fingerprint density at radius 3 is 3.00 bits per heavy atom. The summed E-state index contributed by atoms with van der Waals surface area (Å²) in [6.07, 6.45) is 3.42. The van der Waals surface area contributed by atoms with Crippen LogP contribution in [0.5, 0.6) is 5.75 Å². The van der Waals surface area contributed by atoms with Gasteiger partial charge in [-0.25, -0.2) is 8.42 Å². The van der Waals surface area contributed by atoms with Crippen molar-refractivity contribution in [3.63, 3.8) is 0 Å². The van der Waals surface area contributed by atoms with Crippen molar-refractivity contribution >= 4 is 32.6 Å². The molecule has 26 heavy (non-hydrogen) atoms. The fraction of sp³-hybridized carbons (Fsp3) is 0.294. The lowest BCUT2D eigenvalue weighted by Gasteiger charge is -2.17. The second-order valence-corrected chi connectivity index (χ2v) is 8.45. The van der Waals surface area contributed by atoms with E-state index in [-0.39, 0.29) is 18.4 Å². The number of pyridine rings is 1. The molecular weight excluding hydrogens is 378 g/mol. The molecule has 1 fully saturated rings. The summed E-state index contributed by atoms with van der Waals surface area (Å²) < 4.78 is 38.0. The summed E-state index contributed by atoms with van der Waals surface area (Å²) in [4.78, 5) is 3.91. The molecule has 9 heteroatoms. The monoisotopic (exact) mass is 393 g/mol. The van der Waals surface area contributed by atoms with Crippen LogP contribution in [0.2, 0.25) is 5.02 Å². The van der Waals surface area contributed by atoms with Gasteiger partial charge in [0.05, 0.1) is 6.54 Å². The SMILES string of the molecule is O=S(=O)(Cc1noc2ccccc12)N1CC[C@H](Oc2ccncc2Cl)C1. The first kappa shape index (κ1) is 17.3. The number of benzene rings is 1. The van der Waals surface area contributed by atoms with Crippen LogP contribution < -0.4 is 4.74 Å². The lowest BCUT2D eigenvalue weighted by molar-refractivity contribution is 0.215. The average molecular weight is 394 g/mol. The van der Waals surface area contributed by atoms with Gasteiger partial charge in [0.15, 0.2) is 5.58 Å². The van der Waals surface area contributed by atoms with Crippen LogP contribution in [0.1, 0.15) is 12.1 Å². The maximum atomic E-state index is 12.8. The van der Waals surface area contributed by atoms with Gasteiger partial charge in [-0.1, -0.05) is 28.9 Å². The molecule has 4 rings (SSSR count). The standard InChI is InChI=1S/C17H16ClN3O4S/c18-14-9-19-7-5-17(14)24-12-6-8-21(10-12)26(22,23)11-15-13-3-1-2-4-16(13)25-20-15/h1-5,7,9,12H,6,8,10-11H2/t12-/m0/s1. The number of hydrogen-bond donors (Lipinski definition) is 0. The fourth-order valence-electron chi connectivity index (χ4n) is 2.99. The predicted molar refractivity (Wildman–Crippen MR) is 96.5 cm³/mol. The molecule has 3 aromatic rings. The summed E-state index contributed by atoms with van der Waals surface area (Å²) in [7, 11) is -3.52. The number of fused-ring (bicyclic) bond motifs is 1. The Kier molecular flexibility index (Phi) is 4.56. The molecule has 7 nitrogen and oxygen atoms in total. The van der Waals surface area contributed by atoms with E-state index < -0.39 is 10.0 Å². The van der Waals surface area contributed by atoms with Gasteiger partial charge in [0.25, 0.3) is 0 Å². The molecule has 1 atom stereocenters. The van der Waals surface area contributed by atoms with E-state index in [1.807, 2.05) is 12.1 Å². The van der Waals surface area contributed by atoms with E-state index in [9.17, 15) is 8.42 Å². The third-order valence-corrected chi connectivity index (χ3v) is 6.34. The molecule has 0 N–H and O–H groups in total. The molecule has 0 unspecified atom stereocenters. The summed E-state index contributed by atoms with van der Waals surface area (Å²) in [6, 6.07) is 8.88. The van der Waals surface area contributed by atoms with Crippen molar-refractivity contribution in [1.29, 1.82) is 0 Å². The zero-order valence-corrected chi connectivity index (χ0v) is 15.3. The van der Waals surface area contributed by atoms with Gasteiger partial charge in [-0.3, -0.25) is 4.98 Å². The second kappa shape index (κ2) is 6.86. The number of hydrogen-bond acceptors (Lipinski definition) is 6. The zero-order valence-electron chi connectivity index (χ0n) is 13.7. The molecule has 3 heterocycles. The Morgan fingerprint density at radius 2 is 2.15 bits per heavy atom. The lowest BCUT2D eigenvalue weighted by Crippen LogP contribution is -2.32. The highest BCUT2D eigenvalue weighted by Crippen LogP contribution is 2.27. The number of nitrogens with zero attached hydrogens (tertiary/aromatic N) is 3. The molecule has 1 aliphatic rings. The summed E-state index contributed by atoms with van der Waals surface area (Å²) in [5.41, 5.74) is 0.995. The average Bonchev–Trinajstić information content (AvgIpc) is 3.25. The van der Waals surface area contributed by atoms with E-state index in [0.717, 1.165) is 0 Å². The van der Waals surface area contributed by atoms with Crippen LogP contribution in [0, 0.1) is 0 Å². The van der Waals surface area contributed by atoms with Crippen LogP contribution in [0.4, 0.5) is 0 Å². The molecule has 0 amide bonds. The first-order valence-corrected chi connectivity index (χ1v) is 10.1. The van der Waals surface area contributed by atoms with Crippen LogP contribution in [-0.4, -0.2) is 42.1 Å². The number of para-hydroxylation sites is 1. The first-order chi connectivity index (χ1) is 12.5. The summed E-state index contributed by atoms with van der Waals surface area (Å²) in [6.45, 7) is 0.669. The molecule has 0 bridgehead atoms. The Morgan fingerprint density at radius 1 is 1.31 bits per heavy atom. The number of halogens is 1. The van der Waals surface area contributed by atoms with Crippen molar-refractivity contribution < 1.29 is 17.7 Å². The highest BCUT2D eigenvalue weighted by atomic mass is 35.5. The van der Waals surface area contributed by atoms with Crippen molar-refractivity contribution in [3.8, 4) is 5.75 Å². The second-order valence-electron chi connectivity index (χ2n) is 6.07. The van der Waals surface area contributed by atoms with Crippen molar-refractivity contribution in [3.05, 3.63) is 53.4 Å². The van der Waals surface area contributed by atoms with Gasteiger partial charge in [-0.15, -0.1) is 0 Å². The minimum absolute atomic E-state index is 0.202. The molecular formula is C17H16ClN3O4S. The number of aromatic nitrogens is 2. The number of ether oxygens (including phenoxy) is 1. The number of sulfonamides is 1. The largest absolute Gasteiger partial charge is 0.487 e. The van der Waals surface area contributed by atoms with Gasteiger partial charge in [-0.2, -0.15) is 4.31 Å². The molecule has 0 aliphatic carbocycles. The molecule has 1 saturated heterocycles. The van der Waals surface area contributed by atoms with E-state index in [0.29, 0.717) is 40.4 Å². The highest BCUT2D eigenvalue weighted by Gasteiger charge is 2.33. The van der Waals surface area contributed by atoms with Gasteiger partial charge in [-0.05, 0) is 18.6 Å². The van der Waals surface area contributed by atoms with Gasteiger partial charge in [0, 0.05) is 30.4 Å². The van der Waals surface area contributed by atoms with Crippen LogP contribution in [0.25, 0.3) is 11.0 Å². The van der Waals surface area contributed by atoms with Gasteiger partial charge in [0.2, 0.25) is 10.0 Å². The van der Waals surface area contributed by atoms with Crippen molar-refractivity contribution in [1.82, 2.24) is 14.4 Å². The lowest BCUT2D eigenvalue weighted by atomic mass is 10.2. The quantitative estimate of drug-likeness (QED) is 0.662. The minimum Gasteiger partial charge on any atom is -0.487 e. The van der Waals surface area contributed by atoms with Crippen LogP contribution >= 0.6 is 11.6 Å². The Bertz CT molecular complexity index is 1040. The van der Waals surface area contributed by atoms with Crippen molar-refractivity contribution in [2.24, 2.45) is 0 Å². The Balaban J connectivity index is 1.46. The van der Waals surface area contributed by atoms with Gasteiger partial charge >= 0.3 is 0 Å². The normalized spacial score (nSPS) is 18.4. The molecule has 136 valence electrons. The molecule has 0 spiro atoms. The van der Waals surface area contributed by atoms with Crippen molar-refractivity contribution in [2.75, 3.05) is 13.1 Å². The van der Waals surface area contributed by atoms with Crippen molar-refractivity contribution in [2.45, 2.75) is 18.3 Å². The highest BCUT2D eigenvalue weighted by molar-refractivity contribution is 7.88. The van der Waals surface area contributed by atoms with E-state index >= 15 is 0 Å². The van der Waals surface area contributed by atoms with E-state index in [1.165, 1.54) is 10.5 Å². The molecule has 1 aliphatic heterocycles. The van der Waals surface area contributed by atoms with Gasteiger partial charge in [0.1, 0.15) is 28.3 Å². The Hall–Kier alpha value is -2.16. The maximum Gasteiger partial charge on any atom is 0.220 e. The minimum atomic E-state index is -3.52.